The lowest BCUT2D eigenvalue weighted by Gasteiger charge is -2.38. The molecular weight excluding hydrogens is 248 g/mol. The lowest BCUT2D eigenvalue weighted by atomic mass is 9.76. The predicted octanol–water partition coefficient (Wildman–Crippen LogP) is 2.71. The summed E-state index contributed by atoms with van der Waals surface area (Å²) in [6.45, 7) is 6.33. The number of amides is 1. The van der Waals surface area contributed by atoms with Gasteiger partial charge in [-0.25, -0.2) is 0 Å². The second-order valence-electron chi connectivity index (χ2n) is 7.52. The fraction of sp³-hybridized carbons (Fsp3) is 0.941. The minimum Gasteiger partial charge on any atom is -0.353 e. The highest BCUT2D eigenvalue weighted by molar-refractivity contribution is 5.83. The van der Waals surface area contributed by atoms with Crippen molar-refractivity contribution in [3.63, 3.8) is 0 Å². The van der Waals surface area contributed by atoms with Crippen molar-refractivity contribution in [3.05, 3.63) is 0 Å². The third-order valence-electron chi connectivity index (χ3n) is 6.42. The van der Waals surface area contributed by atoms with Crippen LogP contribution in [0.1, 0.15) is 58.8 Å². The van der Waals surface area contributed by atoms with Crippen molar-refractivity contribution in [2.45, 2.75) is 64.8 Å². The van der Waals surface area contributed by atoms with E-state index in [0.29, 0.717) is 11.9 Å². The molecule has 0 aromatic heterocycles. The summed E-state index contributed by atoms with van der Waals surface area (Å²) in [5.41, 5.74) is -0.149. The van der Waals surface area contributed by atoms with Gasteiger partial charge in [0.05, 0.1) is 5.41 Å². The number of hydrogen-bond acceptors (Lipinski definition) is 2. The van der Waals surface area contributed by atoms with Gasteiger partial charge in [-0.05, 0) is 69.7 Å². The van der Waals surface area contributed by atoms with Gasteiger partial charge in [-0.3, -0.25) is 4.79 Å². The Labute approximate surface area is 123 Å². The molecule has 2 saturated carbocycles. The second-order valence-corrected chi connectivity index (χ2v) is 7.52. The van der Waals surface area contributed by atoms with E-state index in [2.05, 4.69) is 24.5 Å². The smallest absolute Gasteiger partial charge is 0.227 e. The summed E-state index contributed by atoms with van der Waals surface area (Å²) >= 11 is 0. The molecule has 3 rings (SSSR count). The number of carbonyl (C=O) groups excluding carboxylic acids is 1. The molecule has 2 bridgehead atoms. The topological polar surface area (TPSA) is 41.1 Å². The predicted molar refractivity (Wildman–Crippen MR) is 81.4 cm³/mol. The molecule has 1 saturated heterocycles. The van der Waals surface area contributed by atoms with Crippen LogP contribution < -0.4 is 10.6 Å². The van der Waals surface area contributed by atoms with E-state index in [0.717, 1.165) is 50.1 Å². The molecule has 1 amide bonds. The Balaban J connectivity index is 1.60. The maximum absolute atomic E-state index is 12.8. The standard InChI is InChI=1S/C17H30N2O/c1-3-17(7-4-8-18-11-17)16(20)19-12(2)15-10-13-5-6-14(15)9-13/h12-15,18H,3-11H2,1-2H3,(H,19,20). The molecular formula is C17H30N2O. The molecule has 3 aliphatic rings. The third-order valence-corrected chi connectivity index (χ3v) is 6.42. The van der Waals surface area contributed by atoms with Gasteiger partial charge in [0.1, 0.15) is 0 Å². The number of carbonyl (C=O) groups is 1. The van der Waals surface area contributed by atoms with Gasteiger partial charge in [0.15, 0.2) is 0 Å². The summed E-state index contributed by atoms with van der Waals surface area (Å²) < 4.78 is 0. The molecule has 20 heavy (non-hydrogen) atoms. The van der Waals surface area contributed by atoms with Crippen LogP contribution in [0, 0.1) is 23.2 Å². The molecule has 0 aromatic carbocycles. The Kier molecular flexibility index (Phi) is 4.07. The number of piperidine rings is 1. The van der Waals surface area contributed by atoms with Crippen molar-refractivity contribution >= 4 is 5.91 Å². The second kappa shape index (κ2) is 5.67. The van der Waals surface area contributed by atoms with Crippen molar-refractivity contribution in [2.24, 2.45) is 23.2 Å². The van der Waals surface area contributed by atoms with Gasteiger partial charge < -0.3 is 10.6 Å². The maximum atomic E-state index is 12.8. The fourth-order valence-corrected chi connectivity index (χ4v) is 5.00. The highest BCUT2D eigenvalue weighted by atomic mass is 16.2. The van der Waals surface area contributed by atoms with Crippen LogP contribution in [-0.2, 0) is 4.79 Å². The molecule has 1 heterocycles. The molecule has 1 aliphatic heterocycles. The minimum absolute atomic E-state index is 0.149. The lowest BCUT2D eigenvalue weighted by molar-refractivity contribution is -0.133. The summed E-state index contributed by atoms with van der Waals surface area (Å²) in [6, 6.07) is 0.364. The van der Waals surface area contributed by atoms with Crippen LogP contribution in [0.2, 0.25) is 0 Å². The summed E-state index contributed by atoms with van der Waals surface area (Å²) in [4.78, 5) is 12.8. The molecule has 2 N–H and O–H groups in total. The molecule has 114 valence electrons. The molecule has 0 spiro atoms. The molecule has 0 aromatic rings. The average molecular weight is 278 g/mol. The maximum Gasteiger partial charge on any atom is 0.227 e. The summed E-state index contributed by atoms with van der Waals surface area (Å²) in [5.74, 6) is 2.89. The van der Waals surface area contributed by atoms with E-state index >= 15 is 0 Å². The first-order valence-corrected chi connectivity index (χ1v) is 8.66. The molecule has 2 aliphatic carbocycles. The van der Waals surface area contributed by atoms with E-state index in [-0.39, 0.29) is 5.41 Å². The average Bonchev–Trinajstić information content (AvgIpc) is 3.10. The van der Waals surface area contributed by atoms with Crippen LogP contribution in [0.15, 0.2) is 0 Å². The number of rotatable bonds is 4. The van der Waals surface area contributed by atoms with Crippen molar-refractivity contribution in [1.29, 1.82) is 0 Å². The lowest BCUT2D eigenvalue weighted by Crippen LogP contribution is -2.53. The summed E-state index contributed by atoms with van der Waals surface area (Å²) in [7, 11) is 0. The minimum atomic E-state index is -0.149. The van der Waals surface area contributed by atoms with E-state index in [4.69, 9.17) is 0 Å². The molecule has 3 heteroatoms. The summed E-state index contributed by atoms with van der Waals surface area (Å²) in [5, 5.41) is 6.81. The zero-order valence-electron chi connectivity index (χ0n) is 13.1. The summed E-state index contributed by atoms with van der Waals surface area (Å²) in [6.07, 6.45) is 8.74. The molecule has 3 fully saturated rings. The van der Waals surface area contributed by atoms with Crippen molar-refractivity contribution in [1.82, 2.24) is 10.6 Å². The highest BCUT2D eigenvalue weighted by Gasteiger charge is 2.44. The zero-order chi connectivity index (χ0) is 14.2. The molecule has 5 unspecified atom stereocenters. The van der Waals surface area contributed by atoms with Gasteiger partial charge >= 0.3 is 0 Å². The van der Waals surface area contributed by atoms with Crippen LogP contribution in [0.4, 0.5) is 0 Å². The first-order chi connectivity index (χ1) is 9.64. The van der Waals surface area contributed by atoms with Crippen molar-refractivity contribution in [3.8, 4) is 0 Å². The first kappa shape index (κ1) is 14.4. The quantitative estimate of drug-likeness (QED) is 0.830. The Morgan fingerprint density at radius 1 is 1.40 bits per heavy atom. The first-order valence-electron chi connectivity index (χ1n) is 8.66. The van der Waals surface area contributed by atoms with Crippen LogP contribution in [0.25, 0.3) is 0 Å². The van der Waals surface area contributed by atoms with Gasteiger partial charge in [0.2, 0.25) is 5.91 Å². The van der Waals surface area contributed by atoms with Gasteiger partial charge in [-0.15, -0.1) is 0 Å². The number of fused-ring (bicyclic) bond motifs is 2. The van der Waals surface area contributed by atoms with Gasteiger partial charge in [-0.1, -0.05) is 13.3 Å². The van der Waals surface area contributed by atoms with Gasteiger partial charge in [0, 0.05) is 12.6 Å². The SMILES string of the molecule is CCC1(C(=O)NC(C)C2CC3CCC2C3)CCCNC1. The Morgan fingerprint density at radius 2 is 2.25 bits per heavy atom. The molecule has 3 nitrogen and oxygen atoms in total. The Morgan fingerprint density at radius 3 is 2.80 bits per heavy atom. The number of nitrogens with one attached hydrogen (secondary N) is 2. The monoisotopic (exact) mass is 278 g/mol. The number of hydrogen-bond donors (Lipinski definition) is 2. The van der Waals surface area contributed by atoms with E-state index in [1.54, 1.807) is 0 Å². The Hall–Kier alpha value is -0.570. The van der Waals surface area contributed by atoms with E-state index in [1.165, 1.54) is 25.7 Å². The van der Waals surface area contributed by atoms with Crippen molar-refractivity contribution in [2.75, 3.05) is 13.1 Å². The third kappa shape index (κ3) is 2.49. The van der Waals surface area contributed by atoms with Gasteiger partial charge in [-0.2, -0.15) is 0 Å². The van der Waals surface area contributed by atoms with E-state index in [1.807, 2.05) is 0 Å². The van der Waals surface area contributed by atoms with Crippen LogP contribution >= 0.6 is 0 Å². The van der Waals surface area contributed by atoms with Crippen LogP contribution in [0.5, 0.6) is 0 Å². The van der Waals surface area contributed by atoms with E-state index in [9.17, 15) is 4.79 Å². The largest absolute Gasteiger partial charge is 0.353 e. The normalized spacial score (nSPS) is 41.6. The van der Waals surface area contributed by atoms with Crippen LogP contribution in [0.3, 0.4) is 0 Å². The zero-order valence-corrected chi connectivity index (χ0v) is 13.1. The molecule has 0 radical (unpaired) electrons. The fourth-order valence-electron chi connectivity index (χ4n) is 5.00. The molecule has 5 atom stereocenters. The van der Waals surface area contributed by atoms with Crippen LogP contribution in [-0.4, -0.2) is 25.0 Å². The van der Waals surface area contributed by atoms with Gasteiger partial charge in [0.25, 0.3) is 0 Å². The van der Waals surface area contributed by atoms with Crippen molar-refractivity contribution < 1.29 is 4.79 Å². The highest BCUT2D eigenvalue weighted by Crippen LogP contribution is 2.49. The van der Waals surface area contributed by atoms with E-state index < -0.39 is 0 Å². The Bertz CT molecular complexity index is 362.